The van der Waals surface area contributed by atoms with Crippen LogP contribution in [0.1, 0.15) is 0 Å². The number of anilines is 1. The van der Waals surface area contributed by atoms with Gasteiger partial charge in [0.25, 0.3) is 0 Å². The molecule has 1 aromatic carbocycles. The minimum atomic E-state index is -3.33. The first-order chi connectivity index (χ1) is 8.62. The van der Waals surface area contributed by atoms with Gasteiger partial charge in [-0.2, -0.15) is 0 Å². The Kier molecular flexibility index (Phi) is 3.78. The van der Waals surface area contributed by atoms with Gasteiger partial charge in [0.2, 0.25) is 10.0 Å². The molecule has 2 rings (SSSR count). The van der Waals surface area contributed by atoms with Crippen molar-refractivity contribution in [2.24, 2.45) is 0 Å². The highest BCUT2D eigenvalue weighted by Gasteiger charge is 2.11. The first kappa shape index (κ1) is 12.8. The third-order valence-corrected chi connectivity index (χ3v) is 3.84. The standard InChI is InChI=1S/C12H15N3O2S/c1-13-7-8-18(16,17)15-12-4-2-3-10-5-6-14-9-11(10)12/h2-6,9,13,15H,7-8H2,1H3. The van der Waals surface area contributed by atoms with Crippen LogP contribution in [0.15, 0.2) is 36.7 Å². The van der Waals surface area contributed by atoms with E-state index in [0.29, 0.717) is 12.2 Å². The summed E-state index contributed by atoms with van der Waals surface area (Å²) in [5.74, 6) is 0.0418. The highest BCUT2D eigenvalue weighted by atomic mass is 32.2. The Hall–Kier alpha value is -1.66. The van der Waals surface area contributed by atoms with Gasteiger partial charge in [-0.15, -0.1) is 0 Å². The molecule has 1 heterocycles. The summed E-state index contributed by atoms with van der Waals surface area (Å²) in [5, 5.41) is 4.57. The van der Waals surface area contributed by atoms with Gasteiger partial charge in [-0.1, -0.05) is 12.1 Å². The third-order valence-electron chi connectivity index (χ3n) is 2.57. The number of aromatic nitrogens is 1. The van der Waals surface area contributed by atoms with Crippen molar-refractivity contribution < 1.29 is 8.42 Å². The number of nitrogens with one attached hydrogen (secondary N) is 2. The molecule has 2 aromatic rings. The van der Waals surface area contributed by atoms with E-state index >= 15 is 0 Å². The molecule has 0 fully saturated rings. The zero-order chi connectivity index (χ0) is 13.0. The summed E-state index contributed by atoms with van der Waals surface area (Å²) in [6.45, 7) is 0.415. The summed E-state index contributed by atoms with van der Waals surface area (Å²) >= 11 is 0. The number of sulfonamides is 1. The molecule has 0 saturated carbocycles. The first-order valence-corrected chi connectivity index (χ1v) is 7.25. The fourth-order valence-corrected chi connectivity index (χ4v) is 2.75. The van der Waals surface area contributed by atoms with E-state index in [4.69, 9.17) is 0 Å². The second kappa shape index (κ2) is 5.32. The van der Waals surface area contributed by atoms with Gasteiger partial charge in [0.15, 0.2) is 0 Å². The Labute approximate surface area is 106 Å². The van der Waals surface area contributed by atoms with Crippen molar-refractivity contribution in [1.29, 1.82) is 0 Å². The second-order valence-corrected chi connectivity index (χ2v) is 5.77. The number of hydrogen-bond acceptors (Lipinski definition) is 4. The number of pyridine rings is 1. The number of hydrogen-bond donors (Lipinski definition) is 2. The monoisotopic (exact) mass is 265 g/mol. The van der Waals surface area contributed by atoms with Crippen LogP contribution in [0.25, 0.3) is 10.8 Å². The molecule has 0 unspecified atom stereocenters. The molecule has 0 spiro atoms. The van der Waals surface area contributed by atoms with Crippen LogP contribution < -0.4 is 10.0 Å². The predicted octanol–water partition coefficient (Wildman–Crippen LogP) is 1.20. The molecule has 5 nitrogen and oxygen atoms in total. The van der Waals surface area contributed by atoms with E-state index in [1.807, 2.05) is 18.2 Å². The fourth-order valence-electron chi connectivity index (χ4n) is 1.66. The molecule has 6 heteroatoms. The number of fused-ring (bicyclic) bond motifs is 1. The summed E-state index contributed by atoms with van der Waals surface area (Å²) in [6, 6.07) is 7.32. The maximum absolute atomic E-state index is 11.8. The summed E-state index contributed by atoms with van der Waals surface area (Å²) in [5.41, 5.74) is 0.566. The molecule has 18 heavy (non-hydrogen) atoms. The molecule has 2 N–H and O–H groups in total. The number of rotatable bonds is 5. The van der Waals surface area contributed by atoms with Crippen LogP contribution in [0, 0.1) is 0 Å². The van der Waals surface area contributed by atoms with E-state index in [9.17, 15) is 8.42 Å². The normalized spacial score (nSPS) is 11.6. The lowest BCUT2D eigenvalue weighted by atomic mass is 10.1. The summed E-state index contributed by atoms with van der Waals surface area (Å²) in [6.07, 6.45) is 3.34. The van der Waals surface area contributed by atoms with Crippen molar-refractivity contribution in [2.45, 2.75) is 0 Å². The largest absolute Gasteiger partial charge is 0.319 e. The molecule has 0 amide bonds. The van der Waals surface area contributed by atoms with E-state index in [-0.39, 0.29) is 5.75 Å². The molecular weight excluding hydrogens is 250 g/mol. The SMILES string of the molecule is CNCCS(=O)(=O)Nc1cccc2ccncc12. The van der Waals surface area contributed by atoms with Crippen molar-refractivity contribution in [3.63, 3.8) is 0 Å². The molecule has 0 aliphatic heterocycles. The van der Waals surface area contributed by atoms with Gasteiger partial charge in [0.05, 0.1) is 11.4 Å². The topological polar surface area (TPSA) is 71.1 Å². The predicted molar refractivity (Wildman–Crippen MR) is 73.1 cm³/mol. The Morgan fingerprint density at radius 1 is 1.28 bits per heavy atom. The summed E-state index contributed by atoms with van der Waals surface area (Å²) in [7, 11) is -1.61. The molecular formula is C12H15N3O2S. The summed E-state index contributed by atoms with van der Waals surface area (Å²) in [4.78, 5) is 4.02. The van der Waals surface area contributed by atoms with Crippen LogP contribution >= 0.6 is 0 Å². The maximum Gasteiger partial charge on any atom is 0.233 e. The highest BCUT2D eigenvalue weighted by molar-refractivity contribution is 7.92. The zero-order valence-electron chi connectivity index (χ0n) is 10.1. The lowest BCUT2D eigenvalue weighted by Gasteiger charge is -2.10. The quantitative estimate of drug-likeness (QED) is 0.852. The first-order valence-electron chi connectivity index (χ1n) is 5.60. The van der Waals surface area contributed by atoms with Crippen molar-refractivity contribution in [2.75, 3.05) is 24.1 Å². The summed E-state index contributed by atoms with van der Waals surface area (Å²) < 4.78 is 26.3. The average molecular weight is 265 g/mol. The van der Waals surface area contributed by atoms with Crippen molar-refractivity contribution >= 4 is 26.5 Å². The molecule has 0 radical (unpaired) electrons. The lowest BCUT2D eigenvalue weighted by Crippen LogP contribution is -2.24. The highest BCUT2D eigenvalue weighted by Crippen LogP contribution is 2.22. The van der Waals surface area contributed by atoms with Gasteiger partial charge >= 0.3 is 0 Å². The Morgan fingerprint density at radius 2 is 2.11 bits per heavy atom. The number of benzene rings is 1. The van der Waals surface area contributed by atoms with Crippen LogP contribution in [-0.2, 0) is 10.0 Å². The molecule has 0 atom stereocenters. The lowest BCUT2D eigenvalue weighted by molar-refractivity contribution is 0.599. The van der Waals surface area contributed by atoms with Crippen LogP contribution in [0.2, 0.25) is 0 Å². The Balaban J connectivity index is 2.32. The van der Waals surface area contributed by atoms with Crippen molar-refractivity contribution in [3.05, 3.63) is 36.7 Å². The Bertz CT molecular complexity index is 635. The molecule has 0 saturated heterocycles. The van der Waals surface area contributed by atoms with E-state index in [1.165, 1.54) is 0 Å². The number of nitrogens with zero attached hydrogens (tertiary/aromatic N) is 1. The zero-order valence-corrected chi connectivity index (χ0v) is 10.9. The van der Waals surface area contributed by atoms with Gasteiger partial charge in [0, 0.05) is 24.3 Å². The van der Waals surface area contributed by atoms with Gasteiger partial charge < -0.3 is 5.32 Å². The second-order valence-electron chi connectivity index (χ2n) is 3.93. The van der Waals surface area contributed by atoms with E-state index < -0.39 is 10.0 Å². The van der Waals surface area contributed by atoms with E-state index in [1.54, 1.807) is 25.5 Å². The fraction of sp³-hybridized carbons (Fsp3) is 0.250. The van der Waals surface area contributed by atoms with Crippen LogP contribution in [0.3, 0.4) is 0 Å². The van der Waals surface area contributed by atoms with Gasteiger partial charge in [-0.05, 0) is 24.6 Å². The third kappa shape index (κ3) is 2.96. The average Bonchev–Trinajstić information content (AvgIpc) is 2.37. The van der Waals surface area contributed by atoms with Crippen molar-refractivity contribution in [1.82, 2.24) is 10.3 Å². The maximum atomic E-state index is 11.8. The van der Waals surface area contributed by atoms with Gasteiger partial charge in [-0.3, -0.25) is 9.71 Å². The van der Waals surface area contributed by atoms with Crippen LogP contribution in [-0.4, -0.2) is 32.7 Å². The minimum absolute atomic E-state index is 0.0418. The van der Waals surface area contributed by atoms with Crippen LogP contribution in [0.5, 0.6) is 0 Å². The molecule has 0 bridgehead atoms. The molecule has 0 aliphatic rings. The smallest absolute Gasteiger partial charge is 0.233 e. The molecule has 96 valence electrons. The molecule has 1 aromatic heterocycles. The minimum Gasteiger partial charge on any atom is -0.319 e. The van der Waals surface area contributed by atoms with Crippen LogP contribution in [0.4, 0.5) is 5.69 Å². The van der Waals surface area contributed by atoms with Gasteiger partial charge in [-0.25, -0.2) is 8.42 Å². The Morgan fingerprint density at radius 3 is 2.89 bits per heavy atom. The van der Waals surface area contributed by atoms with Gasteiger partial charge in [0.1, 0.15) is 0 Å². The van der Waals surface area contributed by atoms with Crippen molar-refractivity contribution in [3.8, 4) is 0 Å². The molecule has 0 aliphatic carbocycles. The van der Waals surface area contributed by atoms with E-state index in [0.717, 1.165) is 10.8 Å². The van der Waals surface area contributed by atoms with E-state index in [2.05, 4.69) is 15.0 Å².